The van der Waals surface area contributed by atoms with Crippen molar-refractivity contribution in [3.63, 3.8) is 0 Å². The second-order valence-corrected chi connectivity index (χ2v) is 5.96. The predicted octanol–water partition coefficient (Wildman–Crippen LogP) is 3.36. The molecule has 0 saturated heterocycles. The summed E-state index contributed by atoms with van der Waals surface area (Å²) in [7, 11) is 0. The van der Waals surface area contributed by atoms with E-state index in [0.717, 1.165) is 6.42 Å². The Hall–Kier alpha value is -0.410. The maximum absolute atomic E-state index is 11.2. The molecule has 0 aliphatic carbocycles. The van der Waals surface area contributed by atoms with E-state index in [1.165, 1.54) is 0 Å². The van der Waals surface area contributed by atoms with E-state index in [4.69, 9.17) is 9.47 Å². The van der Waals surface area contributed by atoms with E-state index in [9.17, 15) is 4.79 Å². The molecule has 0 rings (SSSR count). The highest BCUT2D eigenvalue weighted by Crippen LogP contribution is 2.17. The lowest BCUT2D eigenvalue weighted by molar-refractivity contribution is -0.121. The molecule has 17 heavy (non-hydrogen) atoms. The Bertz CT molecular complexity index is 226. The number of carbonyl (C=O) groups excluding carboxylic acids is 1. The van der Waals surface area contributed by atoms with Gasteiger partial charge in [0.15, 0.2) is 0 Å². The Balaban J connectivity index is 3.74. The standard InChI is InChI=1S/C14H28O3/c1-7-12(15)8-9-14(5,6)17-11-10-16-13(2,3)4/h7-11H2,1-6H3. The third-order valence-corrected chi connectivity index (χ3v) is 2.51. The summed E-state index contributed by atoms with van der Waals surface area (Å²) >= 11 is 0. The van der Waals surface area contributed by atoms with Crippen molar-refractivity contribution in [3.05, 3.63) is 0 Å². The van der Waals surface area contributed by atoms with Crippen LogP contribution in [0.1, 0.15) is 60.8 Å². The zero-order chi connectivity index (χ0) is 13.5. The number of ether oxygens (including phenoxy) is 2. The van der Waals surface area contributed by atoms with Crippen LogP contribution in [-0.4, -0.2) is 30.2 Å². The van der Waals surface area contributed by atoms with E-state index < -0.39 is 0 Å². The molecule has 0 amide bonds. The SMILES string of the molecule is CCC(=O)CCC(C)(C)OCCOC(C)(C)C. The number of Topliss-reactive ketones (excluding diaryl/α,β-unsaturated/α-hetero) is 1. The smallest absolute Gasteiger partial charge is 0.132 e. The highest BCUT2D eigenvalue weighted by atomic mass is 16.5. The van der Waals surface area contributed by atoms with Gasteiger partial charge >= 0.3 is 0 Å². The normalized spacial score (nSPS) is 12.8. The number of carbonyl (C=O) groups is 1. The summed E-state index contributed by atoms with van der Waals surface area (Å²) in [5.41, 5.74) is -0.363. The van der Waals surface area contributed by atoms with Crippen molar-refractivity contribution >= 4 is 5.78 Å². The van der Waals surface area contributed by atoms with Gasteiger partial charge in [-0.05, 0) is 41.0 Å². The van der Waals surface area contributed by atoms with Crippen molar-refractivity contribution < 1.29 is 14.3 Å². The molecule has 3 heteroatoms. The molecule has 0 radical (unpaired) electrons. The Morgan fingerprint density at radius 3 is 2.00 bits per heavy atom. The fourth-order valence-corrected chi connectivity index (χ4v) is 1.36. The molecule has 0 saturated carbocycles. The van der Waals surface area contributed by atoms with E-state index in [-0.39, 0.29) is 11.2 Å². The monoisotopic (exact) mass is 244 g/mol. The van der Waals surface area contributed by atoms with Gasteiger partial charge in [0.2, 0.25) is 0 Å². The van der Waals surface area contributed by atoms with Crippen LogP contribution in [0.3, 0.4) is 0 Å². The minimum atomic E-state index is -0.244. The van der Waals surface area contributed by atoms with Crippen molar-refractivity contribution in [2.24, 2.45) is 0 Å². The summed E-state index contributed by atoms with van der Waals surface area (Å²) in [6, 6.07) is 0. The van der Waals surface area contributed by atoms with Gasteiger partial charge in [-0.1, -0.05) is 6.92 Å². The van der Waals surface area contributed by atoms with Gasteiger partial charge in [0.1, 0.15) is 5.78 Å². The topological polar surface area (TPSA) is 35.5 Å². The lowest BCUT2D eigenvalue weighted by Gasteiger charge is -2.26. The summed E-state index contributed by atoms with van der Waals surface area (Å²) in [5.74, 6) is 0.299. The average molecular weight is 244 g/mol. The molecule has 102 valence electrons. The van der Waals surface area contributed by atoms with E-state index in [2.05, 4.69) is 0 Å². The van der Waals surface area contributed by atoms with Gasteiger partial charge < -0.3 is 9.47 Å². The van der Waals surface area contributed by atoms with Crippen LogP contribution < -0.4 is 0 Å². The number of rotatable bonds is 8. The van der Waals surface area contributed by atoms with Crippen LogP contribution in [0.5, 0.6) is 0 Å². The summed E-state index contributed by atoms with van der Waals surface area (Å²) in [4.78, 5) is 11.2. The molecule has 0 N–H and O–H groups in total. The van der Waals surface area contributed by atoms with Gasteiger partial charge in [-0.2, -0.15) is 0 Å². The van der Waals surface area contributed by atoms with Crippen molar-refractivity contribution in [3.8, 4) is 0 Å². The Labute approximate surface area is 106 Å². The summed E-state index contributed by atoms with van der Waals surface area (Å²) in [6.45, 7) is 13.2. The second kappa shape index (κ2) is 7.12. The van der Waals surface area contributed by atoms with Crippen LogP contribution in [0, 0.1) is 0 Å². The fourth-order valence-electron chi connectivity index (χ4n) is 1.36. The molecule has 0 heterocycles. The third kappa shape index (κ3) is 10.5. The fraction of sp³-hybridized carbons (Fsp3) is 0.929. The first-order valence-electron chi connectivity index (χ1n) is 6.46. The molecule has 0 spiro atoms. The highest BCUT2D eigenvalue weighted by molar-refractivity contribution is 5.78. The predicted molar refractivity (Wildman–Crippen MR) is 70.3 cm³/mol. The molecule has 0 aliphatic heterocycles. The Kier molecular flexibility index (Phi) is 6.95. The maximum Gasteiger partial charge on any atom is 0.132 e. The lowest BCUT2D eigenvalue weighted by atomic mass is 10.00. The first-order chi connectivity index (χ1) is 7.66. The molecule has 0 bridgehead atoms. The first kappa shape index (κ1) is 16.6. The number of hydrogen-bond acceptors (Lipinski definition) is 3. The van der Waals surface area contributed by atoms with E-state index >= 15 is 0 Å². The van der Waals surface area contributed by atoms with Gasteiger partial charge in [0.05, 0.1) is 24.4 Å². The zero-order valence-electron chi connectivity index (χ0n) is 12.3. The minimum Gasteiger partial charge on any atom is -0.373 e. The average Bonchev–Trinajstić information content (AvgIpc) is 2.20. The summed E-state index contributed by atoms with van der Waals surface area (Å²) < 4.78 is 11.3. The maximum atomic E-state index is 11.2. The van der Waals surface area contributed by atoms with Crippen LogP contribution in [0.25, 0.3) is 0 Å². The second-order valence-electron chi connectivity index (χ2n) is 5.96. The van der Waals surface area contributed by atoms with E-state index in [1.54, 1.807) is 0 Å². The van der Waals surface area contributed by atoms with Crippen LogP contribution in [0.2, 0.25) is 0 Å². The lowest BCUT2D eigenvalue weighted by Crippen LogP contribution is -2.29. The van der Waals surface area contributed by atoms with E-state index in [1.807, 2.05) is 41.5 Å². The van der Waals surface area contributed by atoms with Crippen molar-refractivity contribution in [1.82, 2.24) is 0 Å². The van der Waals surface area contributed by atoms with E-state index in [0.29, 0.717) is 31.8 Å². The van der Waals surface area contributed by atoms with Crippen molar-refractivity contribution in [2.45, 2.75) is 72.0 Å². The molecule has 0 aromatic carbocycles. The molecular weight excluding hydrogens is 216 g/mol. The Morgan fingerprint density at radius 1 is 1.00 bits per heavy atom. The van der Waals surface area contributed by atoms with Crippen molar-refractivity contribution in [2.75, 3.05) is 13.2 Å². The molecule has 0 aliphatic rings. The molecule has 3 nitrogen and oxygen atoms in total. The highest BCUT2D eigenvalue weighted by Gasteiger charge is 2.19. The Morgan fingerprint density at radius 2 is 1.53 bits per heavy atom. The van der Waals surface area contributed by atoms with Gasteiger partial charge in [-0.15, -0.1) is 0 Å². The molecular formula is C14H28O3. The summed E-state index contributed by atoms with van der Waals surface area (Å²) in [6.07, 6.45) is 1.99. The molecule has 0 aromatic rings. The molecule has 0 unspecified atom stereocenters. The van der Waals surface area contributed by atoms with Crippen LogP contribution in [0.15, 0.2) is 0 Å². The third-order valence-electron chi connectivity index (χ3n) is 2.51. The number of ketones is 1. The van der Waals surface area contributed by atoms with Crippen molar-refractivity contribution in [1.29, 1.82) is 0 Å². The van der Waals surface area contributed by atoms with Crippen LogP contribution in [0.4, 0.5) is 0 Å². The van der Waals surface area contributed by atoms with Gasteiger partial charge in [-0.3, -0.25) is 4.79 Å². The molecule has 0 fully saturated rings. The largest absolute Gasteiger partial charge is 0.373 e. The molecule has 0 aromatic heterocycles. The van der Waals surface area contributed by atoms with Crippen LogP contribution in [-0.2, 0) is 14.3 Å². The van der Waals surface area contributed by atoms with Gasteiger partial charge in [-0.25, -0.2) is 0 Å². The number of hydrogen-bond donors (Lipinski definition) is 0. The van der Waals surface area contributed by atoms with Gasteiger partial charge in [0, 0.05) is 12.8 Å². The summed E-state index contributed by atoms with van der Waals surface area (Å²) in [5, 5.41) is 0. The van der Waals surface area contributed by atoms with Gasteiger partial charge in [0.25, 0.3) is 0 Å². The zero-order valence-corrected chi connectivity index (χ0v) is 12.3. The minimum absolute atomic E-state index is 0.119. The molecule has 0 atom stereocenters. The quantitative estimate of drug-likeness (QED) is 0.614. The first-order valence-corrected chi connectivity index (χ1v) is 6.46. The van der Waals surface area contributed by atoms with Crippen LogP contribution >= 0.6 is 0 Å².